The van der Waals surface area contributed by atoms with Crippen LogP contribution in [0, 0.1) is 5.92 Å². The lowest BCUT2D eigenvalue weighted by atomic mass is 9.89. The number of rotatable bonds is 10. The fraction of sp³-hybridized carbons (Fsp3) is 0.143. The van der Waals surface area contributed by atoms with Gasteiger partial charge in [0.2, 0.25) is 0 Å². The molecule has 222 valence electrons. The molecule has 0 aliphatic carbocycles. The molecule has 0 saturated carbocycles. The fourth-order valence-electron chi connectivity index (χ4n) is 5.63. The predicted molar refractivity (Wildman–Crippen MR) is 189 cm³/mol. The normalized spacial score (nSPS) is 12.8. The van der Waals surface area contributed by atoms with Crippen molar-refractivity contribution in [2.24, 2.45) is 10.9 Å². The molecule has 0 saturated heterocycles. The van der Waals surface area contributed by atoms with Crippen LogP contribution in [0.25, 0.3) is 33.6 Å². The third-order valence-corrected chi connectivity index (χ3v) is 8.36. The Kier molecular flexibility index (Phi) is 9.57. The first-order chi connectivity index (χ1) is 22.2. The van der Waals surface area contributed by atoms with Crippen molar-refractivity contribution in [2.45, 2.75) is 32.9 Å². The van der Waals surface area contributed by atoms with E-state index in [2.05, 4.69) is 159 Å². The standard InChI is InChI=1S/C42H39N3/c1-3-31(2)41(45-42(35-23-14-7-15-24-35)43-30-32-17-8-4-9-18-32)37-26-16-25-36(27-37)38-28-39(33-19-10-5-11-20-33)44-40(29-38)34-21-12-6-13-22-34/h4-29,31,41H,3,30H2,1-2H3,(H,43,45). The summed E-state index contributed by atoms with van der Waals surface area (Å²) < 4.78 is 0. The lowest BCUT2D eigenvalue weighted by Gasteiger charge is -2.27. The first-order valence-electron chi connectivity index (χ1n) is 15.8. The number of aromatic nitrogens is 1. The summed E-state index contributed by atoms with van der Waals surface area (Å²) in [4.78, 5) is 10.2. The minimum absolute atomic E-state index is 0.0775. The molecule has 1 aromatic heterocycles. The molecule has 2 atom stereocenters. The summed E-state index contributed by atoms with van der Waals surface area (Å²) in [7, 11) is 0. The van der Waals surface area contributed by atoms with Crippen molar-refractivity contribution in [1.29, 1.82) is 0 Å². The molecule has 1 N–H and O–H groups in total. The lowest BCUT2D eigenvalue weighted by molar-refractivity contribution is 0.423. The van der Waals surface area contributed by atoms with Crippen LogP contribution in [0.2, 0.25) is 0 Å². The zero-order valence-electron chi connectivity index (χ0n) is 26.0. The molecule has 6 rings (SSSR count). The summed E-state index contributed by atoms with van der Waals surface area (Å²) in [5.74, 6) is 1.29. The van der Waals surface area contributed by atoms with E-state index in [-0.39, 0.29) is 6.04 Å². The second-order valence-corrected chi connectivity index (χ2v) is 11.5. The lowest BCUT2D eigenvalue weighted by Crippen LogP contribution is -2.33. The van der Waals surface area contributed by atoms with Gasteiger partial charge in [-0.05, 0) is 46.4 Å². The third-order valence-electron chi connectivity index (χ3n) is 8.36. The van der Waals surface area contributed by atoms with Gasteiger partial charge in [-0.15, -0.1) is 0 Å². The molecule has 0 radical (unpaired) electrons. The Hall–Kier alpha value is -5.28. The van der Waals surface area contributed by atoms with Gasteiger partial charge in [0.05, 0.1) is 24.0 Å². The minimum Gasteiger partial charge on any atom is -0.363 e. The second kappa shape index (κ2) is 14.5. The highest BCUT2D eigenvalue weighted by Gasteiger charge is 2.21. The maximum atomic E-state index is 5.11. The largest absolute Gasteiger partial charge is 0.363 e. The van der Waals surface area contributed by atoms with Crippen molar-refractivity contribution in [1.82, 2.24) is 10.3 Å². The van der Waals surface area contributed by atoms with Gasteiger partial charge in [0.15, 0.2) is 0 Å². The van der Waals surface area contributed by atoms with Crippen LogP contribution in [0.1, 0.15) is 43.0 Å². The van der Waals surface area contributed by atoms with Crippen LogP contribution in [-0.2, 0) is 6.54 Å². The molecule has 0 aliphatic rings. The van der Waals surface area contributed by atoms with Crippen molar-refractivity contribution in [3.8, 4) is 33.6 Å². The van der Waals surface area contributed by atoms with Crippen molar-refractivity contribution in [3.05, 3.63) is 174 Å². The molecule has 3 heteroatoms. The second-order valence-electron chi connectivity index (χ2n) is 11.5. The van der Waals surface area contributed by atoms with Crippen molar-refractivity contribution in [3.63, 3.8) is 0 Å². The van der Waals surface area contributed by atoms with E-state index in [1.165, 1.54) is 16.7 Å². The van der Waals surface area contributed by atoms with Gasteiger partial charge in [-0.25, -0.2) is 4.98 Å². The summed E-state index contributed by atoms with van der Waals surface area (Å²) in [5.41, 5.74) is 9.98. The molecule has 6 aromatic rings. The molecule has 1 heterocycles. The Morgan fingerprint density at radius 1 is 0.600 bits per heavy atom. The minimum atomic E-state index is 0.0775. The van der Waals surface area contributed by atoms with Crippen LogP contribution in [0.15, 0.2) is 163 Å². The van der Waals surface area contributed by atoms with Crippen LogP contribution < -0.4 is 5.32 Å². The number of hydrogen-bond donors (Lipinski definition) is 1. The zero-order chi connectivity index (χ0) is 30.8. The number of pyridine rings is 1. The smallest absolute Gasteiger partial charge is 0.129 e. The summed E-state index contributed by atoms with van der Waals surface area (Å²) in [6, 6.07) is 55.2. The van der Waals surface area contributed by atoms with Gasteiger partial charge >= 0.3 is 0 Å². The summed E-state index contributed by atoms with van der Waals surface area (Å²) in [6.07, 6.45) is 1.04. The Balaban J connectivity index is 1.40. The molecule has 0 aliphatic heterocycles. The van der Waals surface area contributed by atoms with E-state index in [1.54, 1.807) is 0 Å². The van der Waals surface area contributed by atoms with E-state index in [9.17, 15) is 0 Å². The monoisotopic (exact) mass is 585 g/mol. The fourth-order valence-corrected chi connectivity index (χ4v) is 5.63. The number of benzene rings is 5. The number of aliphatic imine (C=N–C) groups is 1. The highest BCUT2D eigenvalue weighted by molar-refractivity contribution is 5.99. The molecule has 3 nitrogen and oxygen atoms in total. The molecule has 45 heavy (non-hydrogen) atoms. The molecular formula is C42H39N3. The van der Waals surface area contributed by atoms with Crippen LogP contribution in [0.5, 0.6) is 0 Å². The van der Waals surface area contributed by atoms with Crippen LogP contribution in [0.4, 0.5) is 0 Å². The van der Waals surface area contributed by atoms with Gasteiger partial charge in [-0.3, -0.25) is 4.99 Å². The van der Waals surface area contributed by atoms with E-state index in [1.807, 2.05) is 18.2 Å². The highest BCUT2D eigenvalue weighted by Crippen LogP contribution is 2.33. The number of amidine groups is 1. The van der Waals surface area contributed by atoms with Gasteiger partial charge in [0.25, 0.3) is 0 Å². The third kappa shape index (κ3) is 7.45. The molecule has 0 fully saturated rings. The molecule has 2 unspecified atom stereocenters. The summed E-state index contributed by atoms with van der Waals surface area (Å²) in [5, 5.41) is 3.90. The Bertz CT molecular complexity index is 1770. The Morgan fingerprint density at radius 2 is 1.13 bits per heavy atom. The average molecular weight is 586 g/mol. The van der Waals surface area contributed by atoms with E-state index < -0.39 is 0 Å². The van der Waals surface area contributed by atoms with Gasteiger partial charge in [-0.2, -0.15) is 0 Å². The maximum absolute atomic E-state index is 5.11. The number of nitrogens with zero attached hydrogens (tertiary/aromatic N) is 2. The van der Waals surface area contributed by atoms with Gasteiger partial charge in [0.1, 0.15) is 5.84 Å². The number of hydrogen-bond acceptors (Lipinski definition) is 2. The van der Waals surface area contributed by atoms with Gasteiger partial charge in [-0.1, -0.05) is 160 Å². The molecule has 5 aromatic carbocycles. The molecular weight excluding hydrogens is 546 g/mol. The number of nitrogens with one attached hydrogen (secondary N) is 1. The maximum Gasteiger partial charge on any atom is 0.129 e. The predicted octanol–water partition coefficient (Wildman–Crippen LogP) is 10.4. The van der Waals surface area contributed by atoms with E-state index in [0.717, 1.165) is 45.9 Å². The van der Waals surface area contributed by atoms with Crippen LogP contribution >= 0.6 is 0 Å². The molecule has 0 amide bonds. The van der Waals surface area contributed by atoms with Crippen molar-refractivity contribution in [2.75, 3.05) is 0 Å². The molecule has 0 spiro atoms. The van der Waals surface area contributed by atoms with Crippen molar-refractivity contribution >= 4 is 5.84 Å². The highest BCUT2D eigenvalue weighted by atomic mass is 15.0. The van der Waals surface area contributed by atoms with Gasteiger partial charge < -0.3 is 5.32 Å². The van der Waals surface area contributed by atoms with Crippen molar-refractivity contribution < 1.29 is 0 Å². The van der Waals surface area contributed by atoms with Crippen LogP contribution in [0.3, 0.4) is 0 Å². The van der Waals surface area contributed by atoms with E-state index in [0.29, 0.717) is 12.5 Å². The first-order valence-corrected chi connectivity index (χ1v) is 15.8. The zero-order valence-corrected chi connectivity index (χ0v) is 26.0. The van der Waals surface area contributed by atoms with Gasteiger partial charge in [0, 0.05) is 16.7 Å². The topological polar surface area (TPSA) is 37.3 Å². The first kappa shape index (κ1) is 29.8. The van der Waals surface area contributed by atoms with E-state index in [4.69, 9.17) is 9.98 Å². The summed E-state index contributed by atoms with van der Waals surface area (Å²) >= 11 is 0. The van der Waals surface area contributed by atoms with E-state index >= 15 is 0 Å². The SMILES string of the molecule is CCC(C)C(N/C(=N\Cc1ccccc1)c1ccccc1)c1cccc(-c2cc(-c3ccccc3)nc(-c3ccccc3)c2)c1. The average Bonchev–Trinajstić information content (AvgIpc) is 3.13. The molecule has 0 bridgehead atoms. The quantitative estimate of drug-likeness (QED) is 0.128. The Morgan fingerprint density at radius 3 is 1.71 bits per heavy atom. The summed E-state index contributed by atoms with van der Waals surface area (Å²) in [6.45, 7) is 5.19. The Labute approximate surface area is 267 Å². The van der Waals surface area contributed by atoms with Crippen LogP contribution in [-0.4, -0.2) is 10.8 Å².